The molecule has 1 N–H and O–H groups in total. The van der Waals surface area contributed by atoms with Gasteiger partial charge in [0.25, 0.3) is 15.9 Å². The number of amides is 3. The molecule has 0 aromatic heterocycles. The van der Waals surface area contributed by atoms with Crippen molar-refractivity contribution in [3.63, 3.8) is 0 Å². The third-order valence-electron chi connectivity index (χ3n) is 6.20. The van der Waals surface area contributed by atoms with Gasteiger partial charge in [-0.1, -0.05) is 54.6 Å². The van der Waals surface area contributed by atoms with Crippen molar-refractivity contribution in [2.45, 2.75) is 23.9 Å². The highest BCUT2D eigenvalue weighted by molar-refractivity contribution is 7.90. The molecule has 10 heteroatoms. The van der Waals surface area contributed by atoms with Crippen LogP contribution in [-0.2, 0) is 32.6 Å². The number of carbonyl (C=O) groups excluding carboxylic acids is 3. The van der Waals surface area contributed by atoms with E-state index >= 15 is 0 Å². The normalized spacial score (nSPS) is 14.5. The maximum Gasteiger partial charge on any atom is 0.269 e. The van der Waals surface area contributed by atoms with Crippen molar-refractivity contribution in [1.82, 2.24) is 14.5 Å². The monoisotopic (exact) mass is 521 g/mol. The average molecular weight is 522 g/mol. The SMILES string of the molecule is CNC(=O)C(Cc1ccccc1)N(Cc1cccc(OC)c1)C(=O)CN1C(=O)c2ccccc2S1(=O)=O. The van der Waals surface area contributed by atoms with Crippen molar-refractivity contribution in [2.75, 3.05) is 20.7 Å². The molecule has 1 unspecified atom stereocenters. The predicted molar refractivity (Wildman–Crippen MR) is 136 cm³/mol. The van der Waals surface area contributed by atoms with E-state index in [0.717, 1.165) is 5.56 Å². The second-order valence-corrected chi connectivity index (χ2v) is 10.3. The van der Waals surface area contributed by atoms with Gasteiger partial charge in [0.1, 0.15) is 23.2 Å². The molecule has 0 spiro atoms. The minimum absolute atomic E-state index is 0.00399. The van der Waals surface area contributed by atoms with Crippen LogP contribution in [0.3, 0.4) is 0 Å². The van der Waals surface area contributed by atoms with Gasteiger partial charge in [-0.05, 0) is 35.4 Å². The number of ether oxygens (including phenoxy) is 1. The van der Waals surface area contributed by atoms with E-state index in [9.17, 15) is 22.8 Å². The van der Waals surface area contributed by atoms with Crippen LogP contribution < -0.4 is 10.1 Å². The zero-order valence-corrected chi connectivity index (χ0v) is 21.3. The zero-order chi connectivity index (χ0) is 26.6. The summed E-state index contributed by atoms with van der Waals surface area (Å²) in [6.45, 7) is -0.738. The molecule has 0 aliphatic carbocycles. The number of nitrogens with zero attached hydrogens (tertiary/aromatic N) is 2. The molecule has 0 saturated heterocycles. The van der Waals surface area contributed by atoms with Crippen molar-refractivity contribution in [2.24, 2.45) is 0 Å². The van der Waals surface area contributed by atoms with Gasteiger partial charge in [0.2, 0.25) is 11.8 Å². The predicted octanol–water partition coefficient (Wildman–Crippen LogP) is 2.23. The Balaban J connectivity index is 1.70. The number of hydrogen-bond acceptors (Lipinski definition) is 6. The smallest absolute Gasteiger partial charge is 0.269 e. The zero-order valence-electron chi connectivity index (χ0n) is 20.5. The molecule has 3 amide bonds. The summed E-state index contributed by atoms with van der Waals surface area (Å²) in [6, 6.07) is 21.1. The molecule has 0 bridgehead atoms. The number of nitrogens with one attached hydrogen (secondary N) is 1. The minimum atomic E-state index is -4.20. The lowest BCUT2D eigenvalue weighted by molar-refractivity contribution is -0.140. The summed E-state index contributed by atoms with van der Waals surface area (Å²) < 4.78 is 32.0. The first-order valence-electron chi connectivity index (χ1n) is 11.6. The Labute approximate surface area is 215 Å². The van der Waals surface area contributed by atoms with Crippen LogP contribution in [0.15, 0.2) is 83.8 Å². The molecule has 1 aliphatic rings. The fraction of sp³-hybridized carbons (Fsp3) is 0.222. The first kappa shape index (κ1) is 25.9. The lowest BCUT2D eigenvalue weighted by atomic mass is 10.0. The highest BCUT2D eigenvalue weighted by atomic mass is 32.2. The molecule has 192 valence electrons. The number of carbonyl (C=O) groups is 3. The Morgan fingerprint density at radius 2 is 1.65 bits per heavy atom. The minimum Gasteiger partial charge on any atom is -0.497 e. The lowest BCUT2D eigenvalue weighted by Crippen LogP contribution is -2.52. The number of benzene rings is 3. The molecule has 0 fully saturated rings. The summed E-state index contributed by atoms with van der Waals surface area (Å²) in [4.78, 5) is 40.9. The van der Waals surface area contributed by atoms with Gasteiger partial charge in [-0.25, -0.2) is 12.7 Å². The molecule has 1 heterocycles. The van der Waals surface area contributed by atoms with Gasteiger partial charge in [-0.15, -0.1) is 0 Å². The van der Waals surface area contributed by atoms with Crippen molar-refractivity contribution < 1.29 is 27.5 Å². The summed E-state index contributed by atoms with van der Waals surface area (Å²) in [6.07, 6.45) is 0.192. The number of rotatable bonds is 9. The topological polar surface area (TPSA) is 113 Å². The molecule has 3 aromatic carbocycles. The number of sulfonamides is 1. The van der Waals surface area contributed by atoms with E-state index in [1.54, 1.807) is 30.3 Å². The van der Waals surface area contributed by atoms with E-state index in [-0.39, 0.29) is 23.4 Å². The Morgan fingerprint density at radius 1 is 0.973 bits per heavy atom. The van der Waals surface area contributed by atoms with E-state index in [1.165, 1.54) is 37.3 Å². The van der Waals surface area contributed by atoms with Crippen LogP contribution >= 0.6 is 0 Å². The molecule has 1 aliphatic heterocycles. The van der Waals surface area contributed by atoms with Crippen LogP contribution in [0.1, 0.15) is 21.5 Å². The van der Waals surface area contributed by atoms with E-state index < -0.39 is 40.3 Å². The Morgan fingerprint density at radius 3 is 2.32 bits per heavy atom. The highest BCUT2D eigenvalue weighted by Crippen LogP contribution is 2.30. The van der Waals surface area contributed by atoms with Gasteiger partial charge in [0.05, 0.1) is 12.7 Å². The number of methoxy groups -OCH3 is 1. The van der Waals surface area contributed by atoms with Gasteiger partial charge in [-0.2, -0.15) is 0 Å². The third-order valence-corrected chi connectivity index (χ3v) is 7.98. The molecule has 37 heavy (non-hydrogen) atoms. The van der Waals surface area contributed by atoms with E-state index in [4.69, 9.17) is 4.74 Å². The highest BCUT2D eigenvalue weighted by Gasteiger charge is 2.43. The van der Waals surface area contributed by atoms with Crippen molar-refractivity contribution >= 4 is 27.7 Å². The van der Waals surface area contributed by atoms with Crippen LogP contribution in [0.25, 0.3) is 0 Å². The third kappa shape index (κ3) is 5.34. The van der Waals surface area contributed by atoms with Crippen LogP contribution in [0.5, 0.6) is 5.75 Å². The van der Waals surface area contributed by atoms with Crippen molar-refractivity contribution in [1.29, 1.82) is 0 Å². The maximum absolute atomic E-state index is 13.8. The van der Waals surface area contributed by atoms with E-state index in [1.807, 2.05) is 30.3 Å². The lowest BCUT2D eigenvalue weighted by Gasteiger charge is -2.32. The maximum atomic E-state index is 13.8. The largest absolute Gasteiger partial charge is 0.497 e. The van der Waals surface area contributed by atoms with Crippen molar-refractivity contribution in [3.8, 4) is 5.75 Å². The van der Waals surface area contributed by atoms with Gasteiger partial charge in [-0.3, -0.25) is 14.4 Å². The fourth-order valence-corrected chi connectivity index (χ4v) is 5.81. The molecule has 0 saturated carbocycles. The molecule has 1 atom stereocenters. The second kappa shape index (κ2) is 10.8. The van der Waals surface area contributed by atoms with Crippen LogP contribution in [0.4, 0.5) is 0 Å². The van der Waals surface area contributed by atoms with E-state index in [2.05, 4.69) is 5.32 Å². The van der Waals surface area contributed by atoms with Gasteiger partial charge < -0.3 is 15.0 Å². The summed E-state index contributed by atoms with van der Waals surface area (Å²) in [5.74, 6) is -1.31. The summed E-state index contributed by atoms with van der Waals surface area (Å²) >= 11 is 0. The Hall–Kier alpha value is -4.18. The first-order chi connectivity index (χ1) is 17.8. The van der Waals surface area contributed by atoms with E-state index in [0.29, 0.717) is 15.6 Å². The summed E-state index contributed by atoms with van der Waals surface area (Å²) in [5, 5.41) is 2.61. The van der Waals surface area contributed by atoms with Crippen LogP contribution in [0, 0.1) is 0 Å². The molecule has 4 rings (SSSR count). The summed E-state index contributed by atoms with van der Waals surface area (Å²) in [5.41, 5.74) is 1.51. The standard InChI is InChI=1S/C27H27N3O6S/c1-28-26(32)23(16-19-9-4-3-5-10-19)29(17-20-11-8-12-21(15-20)36-2)25(31)18-30-27(33)22-13-6-7-14-24(22)37(30,34)35/h3-15,23H,16-18H2,1-2H3,(H,28,32). The van der Waals surface area contributed by atoms with Crippen molar-refractivity contribution in [3.05, 3.63) is 95.6 Å². The molecule has 3 aromatic rings. The number of hydrogen-bond donors (Lipinski definition) is 1. The second-order valence-electron chi connectivity index (χ2n) is 8.51. The fourth-order valence-electron chi connectivity index (χ4n) is 4.29. The van der Waals surface area contributed by atoms with Crippen LogP contribution in [0.2, 0.25) is 0 Å². The summed E-state index contributed by atoms with van der Waals surface area (Å²) in [7, 11) is -1.21. The molecule has 9 nitrogen and oxygen atoms in total. The number of fused-ring (bicyclic) bond motifs is 1. The van der Waals surface area contributed by atoms with Gasteiger partial charge >= 0.3 is 0 Å². The quantitative estimate of drug-likeness (QED) is 0.462. The Bertz CT molecular complexity index is 1420. The Kier molecular flexibility index (Phi) is 7.58. The molecular weight excluding hydrogens is 494 g/mol. The number of likely N-dealkylation sites (N-methyl/N-ethyl adjacent to an activating group) is 1. The van der Waals surface area contributed by atoms with Crippen LogP contribution in [-0.4, -0.2) is 62.1 Å². The molecule has 0 radical (unpaired) electrons. The van der Waals surface area contributed by atoms with Gasteiger partial charge in [0, 0.05) is 20.0 Å². The average Bonchev–Trinajstić information content (AvgIpc) is 3.11. The molecular formula is C27H27N3O6S. The first-order valence-corrected chi connectivity index (χ1v) is 13.0. The van der Waals surface area contributed by atoms with Gasteiger partial charge in [0.15, 0.2) is 0 Å².